The number of rotatable bonds is 6. The van der Waals surface area contributed by atoms with Crippen molar-refractivity contribution in [1.82, 2.24) is 15.0 Å². The van der Waals surface area contributed by atoms with Gasteiger partial charge < -0.3 is 5.32 Å². The van der Waals surface area contributed by atoms with Gasteiger partial charge in [0, 0.05) is 11.3 Å². The third-order valence-corrected chi connectivity index (χ3v) is 3.90. The molecule has 0 aliphatic carbocycles. The molecule has 0 fully saturated rings. The summed E-state index contributed by atoms with van der Waals surface area (Å²) in [6.07, 6.45) is 1.31. The Labute approximate surface area is 128 Å². The van der Waals surface area contributed by atoms with Crippen molar-refractivity contribution in [3.8, 4) is 0 Å². The van der Waals surface area contributed by atoms with Crippen LogP contribution in [0.4, 0.5) is 11.9 Å². The summed E-state index contributed by atoms with van der Waals surface area (Å²) in [5.74, 6) is 1.23. The molecule has 1 amide bonds. The van der Waals surface area contributed by atoms with Crippen LogP contribution in [0.25, 0.3) is 0 Å². The number of hydrogen-bond acceptors (Lipinski definition) is 6. The van der Waals surface area contributed by atoms with Gasteiger partial charge in [-0.2, -0.15) is 15.0 Å². The van der Waals surface area contributed by atoms with E-state index < -0.39 is 0 Å². The summed E-state index contributed by atoms with van der Waals surface area (Å²) in [5, 5.41) is 8.01. The van der Waals surface area contributed by atoms with Gasteiger partial charge in [0.05, 0.1) is 6.04 Å². The van der Waals surface area contributed by atoms with Crippen molar-refractivity contribution in [3.63, 3.8) is 0 Å². The maximum absolute atomic E-state index is 11.4. The molecular formula is C14H19N5OS. The van der Waals surface area contributed by atoms with E-state index in [-0.39, 0.29) is 17.9 Å². The third-order valence-electron chi connectivity index (χ3n) is 2.92. The molecule has 0 saturated carbocycles. The number of anilines is 2. The van der Waals surface area contributed by atoms with Crippen molar-refractivity contribution < 1.29 is 4.79 Å². The minimum atomic E-state index is -0.114. The highest BCUT2D eigenvalue weighted by Gasteiger charge is 2.13. The number of amides is 1. The molecule has 2 rings (SSSR count). The first-order chi connectivity index (χ1) is 10.1. The summed E-state index contributed by atoms with van der Waals surface area (Å²) in [4.78, 5) is 25.3. The van der Waals surface area contributed by atoms with Gasteiger partial charge in [-0.05, 0) is 24.8 Å². The second-order valence-corrected chi connectivity index (χ2v) is 5.53. The van der Waals surface area contributed by atoms with Gasteiger partial charge in [0.1, 0.15) is 5.82 Å². The molecule has 0 radical (unpaired) electrons. The quantitative estimate of drug-likeness (QED) is 0.857. The highest BCUT2D eigenvalue weighted by atomic mass is 32.1. The van der Waals surface area contributed by atoms with Crippen LogP contribution in [0.3, 0.4) is 0 Å². The lowest BCUT2D eigenvalue weighted by molar-refractivity contribution is -0.115. The molecule has 0 aliphatic rings. The van der Waals surface area contributed by atoms with Crippen molar-refractivity contribution >= 4 is 29.1 Å². The Morgan fingerprint density at radius 2 is 2.05 bits per heavy atom. The van der Waals surface area contributed by atoms with Crippen LogP contribution in [-0.4, -0.2) is 20.9 Å². The Morgan fingerprint density at radius 3 is 2.67 bits per heavy atom. The zero-order valence-electron chi connectivity index (χ0n) is 12.4. The smallest absolute Gasteiger partial charge is 0.234 e. The highest BCUT2D eigenvalue weighted by molar-refractivity contribution is 7.10. The molecule has 2 heterocycles. The molecule has 0 bridgehead atoms. The van der Waals surface area contributed by atoms with Crippen molar-refractivity contribution in [3.05, 3.63) is 28.2 Å². The van der Waals surface area contributed by atoms with Crippen molar-refractivity contribution in [2.75, 3.05) is 10.6 Å². The van der Waals surface area contributed by atoms with Gasteiger partial charge >= 0.3 is 0 Å². The van der Waals surface area contributed by atoms with E-state index in [2.05, 4.69) is 38.6 Å². The van der Waals surface area contributed by atoms with E-state index in [9.17, 15) is 4.79 Å². The van der Waals surface area contributed by atoms with Crippen molar-refractivity contribution in [1.29, 1.82) is 0 Å². The topological polar surface area (TPSA) is 79.8 Å². The Kier molecular flexibility index (Phi) is 5.21. The second-order valence-electron chi connectivity index (χ2n) is 4.55. The molecule has 0 saturated heterocycles. The number of aryl methyl sites for hydroxylation is 1. The molecule has 6 nitrogen and oxygen atoms in total. The van der Waals surface area contributed by atoms with E-state index in [4.69, 9.17) is 0 Å². The Bertz CT molecular complexity index is 599. The standard InChI is InChI=1S/C14H19N5OS/c1-4-10(11-7-6-8-21-11)17-13-15-9(3)16-14(19-13)18-12(20)5-2/h6-8,10H,4-5H2,1-3H3,(H2,15,16,17,18,19,20). The fourth-order valence-corrected chi connectivity index (χ4v) is 2.70. The molecule has 0 aliphatic heterocycles. The molecule has 112 valence electrons. The van der Waals surface area contributed by atoms with Gasteiger partial charge in [-0.3, -0.25) is 10.1 Å². The van der Waals surface area contributed by atoms with Gasteiger partial charge in [0.2, 0.25) is 17.8 Å². The van der Waals surface area contributed by atoms with Gasteiger partial charge in [-0.25, -0.2) is 0 Å². The molecule has 1 unspecified atom stereocenters. The van der Waals surface area contributed by atoms with Crippen molar-refractivity contribution in [2.24, 2.45) is 0 Å². The third kappa shape index (κ3) is 4.22. The summed E-state index contributed by atoms with van der Waals surface area (Å²) in [6, 6.07) is 4.26. The largest absolute Gasteiger partial charge is 0.346 e. The lowest BCUT2D eigenvalue weighted by Crippen LogP contribution is -2.16. The Morgan fingerprint density at radius 1 is 1.29 bits per heavy atom. The number of hydrogen-bond donors (Lipinski definition) is 2. The minimum Gasteiger partial charge on any atom is -0.346 e. The summed E-state index contributed by atoms with van der Waals surface area (Å²) < 4.78 is 0. The lowest BCUT2D eigenvalue weighted by Gasteiger charge is -2.16. The zero-order valence-corrected chi connectivity index (χ0v) is 13.2. The second kappa shape index (κ2) is 7.12. The monoisotopic (exact) mass is 305 g/mol. The molecule has 7 heteroatoms. The summed E-state index contributed by atoms with van der Waals surface area (Å²) in [7, 11) is 0. The normalized spacial score (nSPS) is 12.0. The van der Waals surface area contributed by atoms with E-state index in [0.717, 1.165) is 6.42 Å². The number of nitrogens with zero attached hydrogens (tertiary/aromatic N) is 3. The number of carbonyl (C=O) groups is 1. The molecule has 2 N–H and O–H groups in total. The highest BCUT2D eigenvalue weighted by Crippen LogP contribution is 2.25. The molecule has 21 heavy (non-hydrogen) atoms. The maximum atomic E-state index is 11.4. The maximum Gasteiger partial charge on any atom is 0.234 e. The average molecular weight is 305 g/mol. The van der Waals surface area contributed by atoms with Crippen LogP contribution in [0.15, 0.2) is 17.5 Å². The minimum absolute atomic E-state index is 0.114. The fourth-order valence-electron chi connectivity index (χ4n) is 1.84. The molecule has 0 spiro atoms. The van der Waals surface area contributed by atoms with Crippen LogP contribution in [0.5, 0.6) is 0 Å². The lowest BCUT2D eigenvalue weighted by atomic mass is 10.2. The summed E-state index contributed by atoms with van der Waals surface area (Å²) in [5.41, 5.74) is 0. The molecule has 1 atom stereocenters. The average Bonchev–Trinajstić information content (AvgIpc) is 2.98. The van der Waals surface area contributed by atoms with Crippen LogP contribution >= 0.6 is 11.3 Å². The zero-order chi connectivity index (χ0) is 15.2. The first kappa shape index (κ1) is 15.4. The van der Waals surface area contributed by atoms with E-state index in [0.29, 0.717) is 18.2 Å². The van der Waals surface area contributed by atoms with Crippen LogP contribution in [-0.2, 0) is 4.79 Å². The summed E-state index contributed by atoms with van der Waals surface area (Å²) >= 11 is 1.69. The van der Waals surface area contributed by atoms with Crippen LogP contribution < -0.4 is 10.6 Å². The van der Waals surface area contributed by atoms with Crippen LogP contribution in [0.2, 0.25) is 0 Å². The Balaban J connectivity index is 2.17. The summed E-state index contributed by atoms with van der Waals surface area (Å²) in [6.45, 7) is 5.66. The fraction of sp³-hybridized carbons (Fsp3) is 0.429. The van der Waals surface area contributed by atoms with E-state index >= 15 is 0 Å². The van der Waals surface area contributed by atoms with Crippen molar-refractivity contribution in [2.45, 2.75) is 39.7 Å². The first-order valence-corrected chi connectivity index (χ1v) is 7.82. The first-order valence-electron chi connectivity index (χ1n) is 6.94. The van der Waals surface area contributed by atoms with E-state index in [1.807, 2.05) is 11.4 Å². The number of thiophene rings is 1. The SMILES string of the molecule is CCC(=O)Nc1nc(C)nc(NC(CC)c2cccs2)n1. The molecule has 2 aromatic rings. The van der Waals surface area contributed by atoms with E-state index in [1.54, 1.807) is 25.2 Å². The molecule has 2 aromatic heterocycles. The number of nitrogens with one attached hydrogen (secondary N) is 2. The Hall–Kier alpha value is -2.02. The molecule has 0 aromatic carbocycles. The molecular weight excluding hydrogens is 286 g/mol. The number of carbonyl (C=O) groups excluding carboxylic acids is 1. The predicted molar refractivity (Wildman–Crippen MR) is 84.5 cm³/mol. The van der Waals surface area contributed by atoms with Gasteiger partial charge in [0.15, 0.2) is 0 Å². The van der Waals surface area contributed by atoms with E-state index in [1.165, 1.54) is 4.88 Å². The van der Waals surface area contributed by atoms with Gasteiger partial charge in [-0.1, -0.05) is 19.9 Å². The van der Waals surface area contributed by atoms with Crippen LogP contribution in [0, 0.1) is 6.92 Å². The van der Waals surface area contributed by atoms with Gasteiger partial charge in [0.25, 0.3) is 0 Å². The van der Waals surface area contributed by atoms with Crippen LogP contribution in [0.1, 0.15) is 43.4 Å². The predicted octanol–water partition coefficient (Wildman–Crippen LogP) is 3.15. The number of aromatic nitrogens is 3. The van der Waals surface area contributed by atoms with Gasteiger partial charge in [-0.15, -0.1) is 11.3 Å².